The summed E-state index contributed by atoms with van der Waals surface area (Å²) in [6.45, 7) is 4.30. The number of aliphatic carboxylic acids is 1. The summed E-state index contributed by atoms with van der Waals surface area (Å²) in [5, 5.41) is 10.9. The fraction of sp³-hybridized carbons (Fsp3) is 0.556. The van der Waals surface area contributed by atoms with Crippen molar-refractivity contribution >= 4 is 21.9 Å². The number of sulfone groups is 1. The first-order valence-corrected chi connectivity index (χ1v) is 6.64. The van der Waals surface area contributed by atoms with E-state index in [-0.39, 0.29) is 6.61 Å². The Balaban J connectivity index is 4.80. The van der Waals surface area contributed by atoms with Crippen LogP contribution in [0.5, 0.6) is 0 Å². The Hall–Kier alpha value is -1.57. The number of hydrogen-bond acceptors (Lipinski definition) is 5. The third-order valence-corrected chi connectivity index (χ3v) is 2.83. The lowest BCUT2D eigenvalue weighted by atomic mass is 10.1. The minimum Gasteiger partial charge on any atom is -0.479 e. The molecule has 1 amide bonds. The largest absolute Gasteiger partial charge is 0.479 e. The average molecular weight is 265 g/mol. The summed E-state index contributed by atoms with van der Waals surface area (Å²) in [5.74, 6) is -2.18. The van der Waals surface area contributed by atoms with Gasteiger partial charge in [-0.1, -0.05) is 12.7 Å². The molecule has 0 fully saturated rings. The predicted octanol–water partition coefficient (Wildman–Crippen LogP) is -0.213. The van der Waals surface area contributed by atoms with Crippen molar-refractivity contribution in [2.75, 3.05) is 18.6 Å². The van der Waals surface area contributed by atoms with Crippen LogP contribution in [-0.4, -0.2) is 49.7 Å². The lowest BCUT2D eigenvalue weighted by Gasteiger charge is -2.24. The molecule has 0 saturated carbocycles. The summed E-state index contributed by atoms with van der Waals surface area (Å²) in [5.41, 5.74) is -1.92. The summed E-state index contributed by atoms with van der Waals surface area (Å²) in [6, 6.07) is 0. The first kappa shape index (κ1) is 15.4. The molecule has 0 radical (unpaired) electrons. The number of carbonyl (C=O) groups excluding carboxylic acids is 1. The summed E-state index contributed by atoms with van der Waals surface area (Å²) in [7, 11) is -3.56. The normalized spacial score (nSPS) is 14.5. The smallest absolute Gasteiger partial charge is 0.408 e. The van der Waals surface area contributed by atoms with E-state index >= 15 is 0 Å². The van der Waals surface area contributed by atoms with E-state index in [0.717, 1.165) is 13.2 Å². The van der Waals surface area contributed by atoms with Gasteiger partial charge in [0.05, 0.1) is 5.75 Å². The molecule has 0 spiro atoms. The Bertz CT molecular complexity index is 415. The zero-order valence-corrected chi connectivity index (χ0v) is 10.4. The van der Waals surface area contributed by atoms with Crippen molar-refractivity contribution in [2.45, 2.75) is 12.5 Å². The molecular formula is C9H15NO6S. The van der Waals surface area contributed by atoms with Crippen LogP contribution in [0.4, 0.5) is 4.79 Å². The SMILES string of the molecule is C=CCOC(=O)NC(C)(CS(C)(=O)=O)C(=O)O. The Labute approximate surface area is 99.4 Å². The molecule has 7 nitrogen and oxygen atoms in total. The highest BCUT2D eigenvalue weighted by atomic mass is 32.2. The number of nitrogens with one attached hydrogen (secondary N) is 1. The Morgan fingerprint density at radius 3 is 2.41 bits per heavy atom. The van der Waals surface area contributed by atoms with Crippen molar-refractivity contribution < 1.29 is 27.9 Å². The molecule has 98 valence electrons. The van der Waals surface area contributed by atoms with Gasteiger partial charge in [0.25, 0.3) is 0 Å². The number of alkyl carbamates (subject to hydrolysis) is 1. The van der Waals surface area contributed by atoms with Crippen LogP contribution in [0.25, 0.3) is 0 Å². The highest BCUT2D eigenvalue weighted by Gasteiger charge is 2.38. The molecule has 0 aromatic rings. The second-order valence-corrected chi connectivity index (χ2v) is 5.86. The number of carboxylic acids is 1. The van der Waals surface area contributed by atoms with Crippen LogP contribution in [0.1, 0.15) is 6.92 Å². The third kappa shape index (κ3) is 5.91. The van der Waals surface area contributed by atoms with E-state index < -0.39 is 33.2 Å². The summed E-state index contributed by atoms with van der Waals surface area (Å²) < 4.78 is 26.7. The first-order chi connectivity index (χ1) is 7.60. The molecule has 17 heavy (non-hydrogen) atoms. The minimum atomic E-state index is -3.56. The fourth-order valence-electron chi connectivity index (χ4n) is 1.07. The molecule has 0 aliphatic rings. The number of amides is 1. The van der Waals surface area contributed by atoms with Crippen LogP contribution >= 0.6 is 0 Å². The van der Waals surface area contributed by atoms with Crippen LogP contribution in [0.3, 0.4) is 0 Å². The number of hydrogen-bond donors (Lipinski definition) is 2. The van der Waals surface area contributed by atoms with E-state index in [1.807, 2.05) is 5.32 Å². The van der Waals surface area contributed by atoms with Gasteiger partial charge in [0.1, 0.15) is 16.4 Å². The molecule has 0 heterocycles. The quantitative estimate of drug-likeness (QED) is 0.643. The van der Waals surface area contributed by atoms with Crippen molar-refractivity contribution in [3.63, 3.8) is 0 Å². The fourth-order valence-corrected chi connectivity index (χ4v) is 2.32. The number of ether oxygens (including phenoxy) is 1. The van der Waals surface area contributed by atoms with Gasteiger partial charge < -0.3 is 15.2 Å². The Morgan fingerprint density at radius 1 is 1.53 bits per heavy atom. The van der Waals surface area contributed by atoms with Gasteiger partial charge in [0, 0.05) is 6.26 Å². The second kappa shape index (κ2) is 5.67. The van der Waals surface area contributed by atoms with E-state index in [1.54, 1.807) is 0 Å². The predicted molar refractivity (Wildman–Crippen MR) is 60.4 cm³/mol. The lowest BCUT2D eigenvalue weighted by molar-refractivity contribution is -0.143. The van der Waals surface area contributed by atoms with E-state index in [2.05, 4.69) is 11.3 Å². The van der Waals surface area contributed by atoms with E-state index in [1.165, 1.54) is 6.08 Å². The average Bonchev–Trinajstić information content (AvgIpc) is 2.11. The maximum Gasteiger partial charge on any atom is 0.408 e. The van der Waals surface area contributed by atoms with Crippen LogP contribution in [0, 0.1) is 0 Å². The molecule has 0 aromatic heterocycles. The lowest BCUT2D eigenvalue weighted by Crippen LogP contribution is -2.56. The number of carboxylic acid groups (broad SMARTS) is 1. The molecule has 1 unspecified atom stereocenters. The van der Waals surface area contributed by atoms with E-state index in [0.29, 0.717) is 0 Å². The van der Waals surface area contributed by atoms with Gasteiger partial charge in [0.15, 0.2) is 5.54 Å². The van der Waals surface area contributed by atoms with Crippen molar-refractivity contribution in [1.82, 2.24) is 5.32 Å². The first-order valence-electron chi connectivity index (χ1n) is 4.57. The molecule has 0 saturated heterocycles. The second-order valence-electron chi connectivity index (χ2n) is 3.72. The van der Waals surface area contributed by atoms with Crippen molar-refractivity contribution in [3.8, 4) is 0 Å². The van der Waals surface area contributed by atoms with Crippen molar-refractivity contribution in [3.05, 3.63) is 12.7 Å². The summed E-state index contributed by atoms with van der Waals surface area (Å²) in [6.07, 6.45) is 1.16. The molecule has 0 bridgehead atoms. The monoisotopic (exact) mass is 265 g/mol. The molecular weight excluding hydrogens is 250 g/mol. The zero-order valence-electron chi connectivity index (χ0n) is 9.60. The highest BCUT2D eigenvalue weighted by Crippen LogP contribution is 2.08. The van der Waals surface area contributed by atoms with Gasteiger partial charge >= 0.3 is 12.1 Å². The van der Waals surface area contributed by atoms with Crippen molar-refractivity contribution in [1.29, 1.82) is 0 Å². The van der Waals surface area contributed by atoms with Gasteiger partial charge in [-0.25, -0.2) is 18.0 Å². The van der Waals surface area contributed by atoms with Gasteiger partial charge in [-0.2, -0.15) is 0 Å². The maximum atomic E-state index is 11.2. The molecule has 0 rings (SSSR count). The third-order valence-electron chi connectivity index (χ3n) is 1.73. The maximum absolute atomic E-state index is 11.2. The van der Waals surface area contributed by atoms with Gasteiger partial charge in [-0.05, 0) is 6.92 Å². The highest BCUT2D eigenvalue weighted by molar-refractivity contribution is 7.90. The van der Waals surface area contributed by atoms with E-state index in [9.17, 15) is 18.0 Å². The van der Waals surface area contributed by atoms with E-state index in [4.69, 9.17) is 5.11 Å². The molecule has 1 atom stereocenters. The summed E-state index contributed by atoms with van der Waals surface area (Å²) in [4.78, 5) is 22.1. The molecule has 2 N–H and O–H groups in total. The zero-order chi connectivity index (χ0) is 13.7. The summed E-state index contributed by atoms with van der Waals surface area (Å²) >= 11 is 0. The standard InChI is InChI=1S/C9H15NO6S/c1-4-5-16-8(13)10-9(2,7(11)12)6-17(3,14)15/h4H,1,5-6H2,2-3H3,(H,10,13)(H,11,12). The minimum absolute atomic E-state index is 0.0968. The van der Waals surface area contributed by atoms with Crippen LogP contribution in [0.15, 0.2) is 12.7 Å². The number of carbonyl (C=O) groups is 2. The molecule has 0 aliphatic heterocycles. The van der Waals surface area contributed by atoms with Gasteiger partial charge in [0.2, 0.25) is 0 Å². The van der Waals surface area contributed by atoms with Crippen LogP contribution in [-0.2, 0) is 19.4 Å². The molecule has 0 aliphatic carbocycles. The molecule has 0 aromatic carbocycles. The Morgan fingerprint density at radius 2 is 2.06 bits per heavy atom. The van der Waals surface area contributed by atoms with Crippen LogP contribution < -0.4 is 5.32 Å². The van der Waals surface area contributed by atoms with Gasteiger partial charge in [-0.15, -0.1) is 0 Å². The van der Waals surface area contributed by atoms with Gasteiger partial charge in [-0.3, -0.25) is 0 Å². The van der Waals surface area contributed by atoms with Crippen LogP contribution in [0.2, 0.25) is 0 Å². The topological polar surface area (TPSA) is 110 Å². The molecule has 8 heteroatoms. The van der Waals surface area contributed by atoms with Crippen molar-refractivity contribution in [2.24, 2.45) is 0 Å². The Kier molecular flexibility index (Phi) is 5.14. The number of rotatable bonds is 6.